The van der Waals surface area contributed by atoms with E-state index >= 15 is 0 Å². The molecule has 1 unspecified atom stereocenters. The molecule has 19 heavy (non-hydrogen) atoms. The molecule has 1 heterocycles. The smallest absolute Gasteiger partial charge is 0.239 e. The van der Waals surface area contributed by atoms with Crippen LogP contribution in [0.2, 0.25) is 0 Å². The molecule has 0 saturated carbocycles. The lowest BCUT2D eigenvalue weighted by molar-refractivity contribution is -0.133. The fourth-order valence-electron chi connectivity index (χ4n) is 2.69. The second-order valence-electron chi connectivity index (χ2n) is 5.63. The van der Waals surface area contributed by atoms with Gasteiger partial charge in [0.1, 0.15) is 0 Å². The molecule has 1 aromatic carbocycles. The Hall–Kier alpha value is -1.35. The number of carbonyl (C=O) groups excluding carboxylic acids is 1. The maximum absolute atomic E-state index is 12.3. The van der Waals surface area contributed by atoms with Crippen molar-refractivity contribution in [2.75, 3.05) is 13.6 Å². The number of likely N-dealkylation sites (N-methyl/N-ethyl adjacent to an activating group) is 1. The summed E-state index contributed by atoms with van der Waals surface area (Å²) in [6, 6.07) is 6.43. The highest BCUT2D eigenvalue weighted by atomic mass is 16.2. The molecule has 0 radical (unpaired) electrons. The minimum Gasteiger partial charge on any atom is -0.340 e. The summed E-state index contributed by atoms with van der Waals surface area (Å²) in [6.45, 7) is 5.87. The van der Waals surface area contributed by atoms with E-state index in [0.29, 0.717) is 6.54 Å². The van der Waals surface area contributed by atoms with Crippen molar-refractivity contribution in [1.82, 2.24) is 10.2 Å². The highest BCUT2D eigenvalue weighted by molar-refractivity contribution is 5.81. The predicted octanol–water partition coefficient (Wildman–Crippen LogP) is 2.40. The van der Waals surface area contributed by atoms with Crippen LogP contribution in [-0.2, 0) is 11.3 Å². The lowest BCUT2D eigenvalue weighted by atomic mass is 10.0. The van der Waals surface area contributed by atoms with Crippen LogP contribution < -0.4 is 5.32 Å². The highest BCUT2D eigenvalue weighted by Gasteiger charge is 2.23. The van der Waals surface area contributed by atoms with Crippen molar-refractivity contribution in [2.45, 2.75) is 45.7 Å². The lowest BCUT2D eigenvalue weighted by Gasteiger charge is -2.28. The van der Waals surface area contributed by atoms with Crippen LogP contribution in [0.5, 0.6) is 0 Å². The molecule has 1 fully saturated rings. The van der Waals surface area contributed by atoms with Crippen molar-refractivity contribution in [3.8, 4) is 0 Å². The summed E-state index contributed by atoms with van der Waals surface area (Å²) in [5.41, 5.74) is 3.76. The Balaban J connectivity index is 1.99. The molecule has 1 amide bonds. The number of hydrogen-bond acceptors (Lipinski definition) is 2. The third-order valence-corrected chi connectivity index (χ3v) is 3.89. The minimum absolute atomic E-state index is 0.0181. The Morgan fingerprint density at radius 1 is 1.37 bits per heavy atom. The van der Waals surface area contributed by atoms with Crippen LogP contribution in [0, 0.1) is 13.8 Å². The summed E-state index contributed by atoms with van der Waals surface area (Å²) >= 11 is 0. The van der Waals surface area contributed by atoms with Gasteiger partial charge in [-0.3, -0.25) is 4.79 Å². The molecule has 1 N–H and O–H groups in total. The molecule has 104 valence electrons. The molecule has 1 aliphatic heterocycles. The van der Waals surface area contributed by atoms with Gasteiger partial charge in [0.25, 0.3) is 0 Å². The fraction of sp³-hybridized carbons (Fsp3) is 0.562. The molecule has 0 bridgehead atoms. The van der Waals surface area contributed by atoms with Gasteiger partial charge in [0.05, 0.1) is 6.04 Å². The molecule has 0 spiro atoms. The molecule has 1 saturated heterocycles. The first-order valence-corrected chi connectivity index (χ1v) is 7.12. The zero-order valence-corrected chi connectivity index (χ0v) is 12.2. The Morgan fingerprint density at radius 3 is 2.79 bits per heavy atom. The predicted molar refractivity (Wildman–Crippen MR) is 78.0 cm³/mol. The zero-order valence-electron chi connectivity index (χ0n) is 12.2. The van der Waals surface area contributed by atoms with Crippen molar-refractivity contribution >= 4 is 5.91 Å². The third-order valence-electron chi connectivity index (χ3n) is 3.89. The number of carbonyl (C=O) groups is 1. The number of piperidine rings is 1. The van der Waals surface area contributed by atoms with Gasteiger partial charge >= 0.3 is 0 Å². The van der Waals surface area contributed by atoms with Crippen molar-refractivity contribution in [3.63, 3.8) is 0 Å². The number of hydrogen-bond donors (Lipinski definition) is 1. The van der Waals surface area contributed by atoms with Gasteiger partial charge in [0.15, 0.2) is 0 Å². The molecule has 1 atom stereocenters. The van der Waals surface area contributed by atoms with E-state index in [1.807, 2.05) is 11.9 Å². The van der Waals surface area contributed by atoms with Gasteiger partial charge < -0.3 is 10.2 Å². The van der Waals surface area contributed by atoms with Gasteiger partial charge in [-0.1, -0.05) is 30.2 Å². The number of rotatable bonds is 3. The Kier molecular flexibility index (Phi) is 4.59. The van der Waals surface area contributed by atoms with E-state index in [-0.39, 0.29) is 11.9 Å². The lowest BCUT2D eigenvalue weighted by Crippen LogP contribution is -2.47. The first-order chi connectivity index (χ1) is 9.08. The van der Waals surface area contributed by atoms with Gasteiger partial charge in [0.2, 0.25) is 5.91 Å². The Bertz CT molecular complexity index is 450. The summed E-state index contributed by atoms with van der Waals surface area (Å²) in [5, 5.41) is 3.32. The number of aryl methyl sites for hydroxylation is 2. The second-order valence-corrected chi connectivity index (χ2v) is 5.63. The van der Waals surface area contributed by atoms with Crippen molar-refractivity contribution in [2.24, 2.45) is 0 Å². The SMILES string of the molecule is Cc1ccc(CN(C)C(=O)C2CCCCN2)c(C)c1. The highest BCUT2D eigenvalue weighted by Crippen LogP contribution is 2.15. The third kappa shape index (κ3) is 3.57. The molecule has 1 aromatic rings. The van der Waals surface area contributed by atoms with E-state index in [1.54, 1.807) is 0 Å². The average molecular weight is 260 g/mol. The van der Waals surface area contributed by atoms with Crippen molar-refractivity contribution in [3.05, 3.63) is 34.9 Å². The van der Waals surface area contributed by atoms with Gasteiger partial charge in [0, 0.05) is 13.6 Å². The largest absolute Gasteiger partial charge is 0.340 e. The monoisotopic (exact) mass is 260 g/mol. The summed E-state index contributed by atoms with van der Waals surface area (Å²) in [4.78, 5) is 14.2. The van der Waals surface area contributed by atoms with E-state index in [4.69, 9.17) is 0 Å². The van der Waals surface area contributed by atoms with Crippen molar-refractivity contribution < 1.29 is 4.79 Å². The summed E-state index contributed by atoms with van der Waals surface area (Å²) in [7, 11) is 1.90. The van der Waals surface area contributed by atoms with E-state index in [1.165, 1.54) is 23.1 Å². The summed E-state index contributed by atoms with van der Waals surface area (Å²) < 4.78 is 0. The number of nitrogens with one attached hydrogen (secondary N) is 1. The number of nitrogens with zero attached hydrogens (tertiary/aromatic N) is 1. The summed E-state index contributed by atoms with van der Waals surface area (Å²) in [6.07, 6.45) is 3.31. The number of benzene rings is 1. The molecule has 3 nitrogen and oxygen atoms in total. The molecule has 2 rings (SSSR count). The van der Waals surface area contributed by atoms with Gasteiger partial charge in [-0.05, 0) is 44.4 Å². The van der Waals surface area contributed by atoms with E-state index in [2.05, 4.69) is 37.4 Å². The maximum Gasteiger partial charge on any atom is 0.239 e. The van der Waals surface area contributed by atoms with Crippen LogP contribution >= 0.6 is 0 Å². The van der Waals surface area contributed by atoms with E-state index in [0.717, 1.165) is 19.4 Å². The van der Waals surface area contributed by atoms with Gasteiger partial charge in [-0.25, -0.2) is 0 Å². The van der Waals surface area contributed by atoms with Crippen LogP contribution in [0.15, 0.2) is 18.2 Å². The van der Waals surface area contributed by atoms with Crippen molar-refractivity contribution in [1.29, 1.82) is 0 Å². The van der Waals surface area contributed by atoms with Crippen LogP contribution in [-0.4, -0.2) is 30.4 Å². The maximum atomic E-state index is 12.3. The topological polar surface area (TPSA) is 32.3 Å². The van der Waals surface area contributed by atoms with E-state index < -0.39 is 0 Å². The quantitative estimate of drug-likeness (QED) is 0.905. The Morgan fingerprint density at radius 2 is 2.16 bits per heavy atom. The minimum atomic E-state index is 0.0181. The zero-order chi connectivity index (χ0) is 13.8. The first kappa shape index (κ1) is 14.1. The average Bonchev–Trinajstić information content (AvgIpc) is 2.42. The van der Waals surface area contributed by atoms with E-state index in [9.17, 15) is 4.79 Å². The standard InChI is InChI=1S/C16H24N2O/c1-12-7-8-14(13(2)10-12)11-18(3)16(19)15-6-4-5-9-17-15/h7-8,10,15,17H,4-6,9,11H2,1-3H3. The van der Waals surface area contributed by atoms with Crippen LogP contribution in [0.1, 0.15) is 36.0 Å². The number of amides is 1. The molecule has 0 aromatic heterocycles. The normalized spacial score (nSPS) is 19.2. The molecule has 1 aliphatic rings. The van der Waals surface area contributed by atoms with Crippen LogP contribution in [0.4, 0.5) is 0 Å². The van der Waals surface area contributed by atoms with Gasteiger partial charge in [-0.15, -0.1) is 0 Å². The van der Waals surface area contributed by atoms with Gasteiger partial charge in [-0.2, -0.15) is 0 Å². The summed E-state index contributed by atoms with van der Waals surface area (Å²) in [5.74, 6) is 0.222. The molecular formula is C16H24N2O. The Labute approximate surface area is 116 Å². The van der Waals surface area contributed by atoms with Crippen LogP contribution in [0.3, 0.4) is 0 Å². The second kappa shape index (κ2) is 6.20. The molecular weight excluding hydrogens is 236 g/mol. The van der Waals surface area contributed by atoms with Crippen LogP contribution in [0.25, 0.3) is 0 Å². The first-order valence-electron chi connectivity index (χ1n) is 7.12. The fourth-order valence-corrected chi connectivity index (χ4v) is 2.69. The molecule has 3 heteroatoms. The molecule has 0 aliphatic carbocycles.